The van der Waals surface area contributed by atoms with Crippen molar-refractivity contribution in [2.24, 2.45) is 39.8 Å². The molecule has 4 fully saturated rings. The Morgan fingerprint density at radius 1 is 1.15 bits per heavy atom. The predicted octanol–water partition coefficient (Wildman–Crippen LogP) is 4.63. The largest absolute Gasteiger partial charge is 0.481 e. The van der Waals surface area contributed by atoms with Crippen LogP contribution in [0.25, 0.3) is 10.8 Å². The SMILES string of the molecule is CC(C)C[C@H](NC(=O)[C@H](CCCN=C(N)N[N+](=O)[O-])CC(=O)Cc1ccc2ccccc2c1)B1O[C@@H]2C[C@H]3C[C@H](C3(C)C)[C@]2(C)O1. The monoisotopic (exact) mass is 633 g/mol. The normalized spacial score (nSPS) is 26.3. The molecule has 2 aromatic carbocycles. The minimum Gasteiger partial charge on any atom is -0.404 e. The third-order valence-corrected chi connectivity index (χ3v) is 10.6. The lowest BCUT2D eigenvalue weighted by molar-refractivity contribution is -0.525. The number of fused-ring (bicyclic) bond motifs is 1. The van der Waals surface area contributed by atoms with E-state index in [1.165, 1.54) is 0 Å². The molecule has 6 rings (SSSR count). The number of amides is 1. The first kappa shape index (κ1) is 33.8. The van der Waals surface area contributed by atoms with Crippen molar-refractivity contribution in [3.8, 4) is 0 Å². The number of nitro groups is 1. The zero-order chi connectivity index (χ0) is 33.2. The van der Waals surface area contributed by atoms with Crippen molar-refractivity contribution in [3.05, 3.63) is 58.1 Å². The molecule has 1 amide bonds. The Labute approximate surface area is 271 Å². The lowest BCUT2D eigenvalue weighted by atomic mass is 9.43. The van der Waals surface area contributed by atoms with E-state index in [1.54, 1.807) is 0 Å². The number of hydrogen-bond donors (Lipinski definition) is 3. The Hall–Kier alpha value is -3.51. The molecule has 0 radical (unpaired) electrons. The summed E-state index contributed by atoms with van der Waals surface area (Å²) in [6, 6.07) is 14.0. The van der Waals surface area contributed by atoms with E-state index < -0.39 is 23.7 Å². The van der Waals surface area contributed by atoms with Gasteiger partial charge in [0, 0.05) is 25.3 Å². The van der Waals surface area contributed by atoms with Crippen molar-refractivity contribution < 1.29 is 23.9 Å². The molecule has 11 nitrogen and oxygen atoms in total. The summed E-state index contributed by atoms with van der Waals surface area (Å²) >= 11 is 0. The molecule has 4 N–H and O–H groups in total. The number of ketones is 1. The molecule has 1 saturated heterocycles. The summed E-state index contributed by atoms with van der Waals surface area (Å²) in [5, 5.41) is 15.3. The highest BCUT2D eigenvalue weighted by Gasteiger charge is 2.68. The van der Waals surface area contributed by atoms with Crippen LogP contribution in [0.4, 0.5) is 0 Å². The van der Waals surface area contributed by atoms with Gasteiger partial charge in [0.2, 0.25) is 5.91 Å². The number of hydrazine groups is 1. The van der Waals surface area contributed by atoms with Gasteiger partial charge in [-0.3, -0.25) is 9.59 Å². The number of nitrogens with two attached hydrogens (primary N) is 1. The number of carbonyl (C=O) groups excluding carboxylic acids is 2. The summed E-state index contributed by atoms with van der Waals surface area (Å²) in [6.07, 6.45) is 3.83. The fraction of sp³-hybridized carbons (Fsp3) is 0.618. The van der Waals surface area contributed by atoms with E-state index in [2.05, 4.69) is 44.9 Å². The van der Waals surface area contributed by atoms with Crippen LogP contribution >= 0.6 is 0 Å². The third kappa shape index (κ3) is 7.38. The van der Waals surface area contributed by atoms with Crippen molar-refractivity contribution in [2.45, 2.75) is 97.2 Å². The molecular formula is C34H48BN5O6. The number of Topliss-reactive ketones (excluding diaryl/α,β-unsaturated/α-hetero) is 1. The summed E-state index contributed by atoms with van der Waals surface area (Å²) in [5.41, 5.74) is 8.10. The summed E-state index contributed by atoms with van der Waals surface area (Å²) in [4.78, 5) is 42.0. The van der Waals surface area contributed by atoms with Crippen LogP contribution in [0.1, 0.15) is 78.7 Å². The molecule has 3 aliphatic carbocycles. The quantitative estimate of drug-likeness (QED) is 0.0679. The van der Waals surface area contributed by atoms with E-state index in [0.717, 1.165) is 29.2 Å². The van der Waals surface area contributed by atoms with Crippen LogP contribution in [-0.2, 0) is 25.3 Å². The van der Waals surface area contributed by atoms with E-state index in [1.807, 2.05) is 47.9 Å². The first-order valence-electron chi connectivity index (χ1n) is 16.6. The molecule has 1 heterocycles. The van der Waals surface area contributed by atoms with Crippen molar-refractivity contribution in [1.29, 1.82) is 0 Å². The molecule has 46 heavy (non-hydrogen) atoms. The van der Waals surface area contributed by atoms with Gasteiger partial charge in [-0.2, -0.15) is 0 Å². The number of rotatable bonds is 14. The highest BCUT2D eigenvalue weighted by atomic mass is 16.7. The molecule has 6 atom stereocenters. The fourth-order valence-corrected chi connectivity index (χ4v) is 8.03. The molecule has 2 bridgehead atoms. The Balaban J connectivity index is 1.28. The van der Waals surface area contributed by atoms with Gasteiger partial charge in [-0.05, 0) is 78.5 Å². The Bertz CT molecular complexity index is 1480. The number of aliphatic imine (C=N–C) groups is 1. The van der Waals surface area contributed by atoms with Gasteiger partial charge in [-0.1, -0.05) is 75.6 Å². The van der Waals surface area contributed by atoms with E-state index in [-0.39, 0.29) is 60.4 Å². The Morgan fingerprint density at radius 3 is 2.59 bits per heavy atom. The fourth-order valence-electron chi connectivity index (χ4n) is 8.03. The molecule has 3 saturated carbocycles. The lowest BCUT2D eigenvalue weighted by Crippen LogP contribution is -2.65. The van der Waals surface area contributed by atoms with Gasteiger partial charge in [0.15, 0.2) is 5.03 Å². The van der Waals surface area contributed by atoms with Gasteiger partial charge in [-0.15, -0.1) is 0 Å². The van der Waals surface area contributed by atoms with Crippen molar-refractivity contribution in [2.75, 3.05) is 6.54 Å². The molecule has 0 spiro atoms. The standard InChI is InChI=1S/C34H48BN5O6/c1-21(2)15-30(35-45-29-20-26-19-28(33(26,3)4)34(29,5)46-35)38-31(42)25(11-8-14-37-32(36)39-40(43)44)18-27(41)17-22-12-13-23-9-6-7-10-24(23)16-22/h6-7,9-10,12-13,16,21,25-26,28-30H,8,11,14-15,17-20H2,1-5H3,(H,38,42)(H3,36,37,39)/t25-,26-,28-,29-,30+,34+/m1/s1. The number of hydrogen-bond acceptors (Lipinski definition) is 7. The third-order valence-electron chi connectivity index (χ3n) is 10.6. The summed E-state index contributed by atoms with van der Waals surface area (Å²) < 4.78 is 13.3. The predicted molar refractivity (Wildman–Crippen MR) is 178 cm³/mol. The van der Waals surface area contributed by atoms with E-state index >= 15 is 0 Å². The second-order valence-corrected chi connectivity index (χ2v) is 14.7. The molecule has 4 aliphatic rings. The number of carbonyl (C=O) groups is 2. The highest BCUT2D eigenvalue weighted by molar-refractivity contribution is 6.47. The second kappa shape index (κ2) is 13.7. The molecule has 12 heteroatoms. The first-order valence-corrected chi connectivity index (χ1v) is 16.6. The maximum Gasteiger partial charge on any atom is 0.481 e. The number of nitrogens with one attached hydrogen (secondary N) is 2. The topological polar surface area (TPSA) is 158 Å². The van der Waals surface area contributed by atoms with Crippen LogP contribution in [0.3, 0.4) is 0 Å². The Kier molecular flexibility index (Phi) is 10.1. The molecule has 248 valence electrons. The van der Waals surface area contributed by atoms with Crippen LogP contribution in [0, 0.1) is 39.2 Å². The molecule has 2 aromatic rings. The van der Waals surface area contributed by atoms with E-state index in [0.29, 0.717) is 31.1 Å². The van der Waals surface area contributed by atoms with Gasteiger partial charge < -0.3 is 20.4 Å². The lowest BCUT2D eigenvalue weighted by Gasteiger charge is -2.64. The van der Waals surface area contributed by atoms with Gasteiger partial charge in [0.1, 0.15) is 5.78 Å². The molecule has 1 aliphatic heterocycles. The maximum atomic E-state index is 14.0. The average Bonchev–Trinajstić information content (AvgIpc) is 3.35. The van der Waals surface area contributed by atoms with Crippen LogP contribution < -0.4 is 16.5 Å². The van der Waals surface area contributed by atoms with Crippen LogP contribution in [0.5, 0.6) is 0 Å². The Morgan fingerprint density at radius 2 is 1.89 bits per heavy atom. The number of nitrogens with zero attached hydrogens (tertiary/aromatic N) is 2. The minimum atomic E-state index is -0.774. The summed E-state index contributed by atoms with van der Waals surface area (Å²) in [7, 11) is -0.567. The summed E-state index contributed by atoms with van der Waals surface area (Å²) in [5.74, 6) is -0.259. The van der Waals surface area contributed by atoms with Crippen LogP contribution in [0.2, 0.25) is 0 Å². The van der Waals surface area contributed by atoms with E-state index in [4.69, 9.17) is 15.0 Å². The smallest absolute Gasteiger partial charge is 0.404 e. The maximum absolute atomic E-state index is 14.0. The van der Waals surface area contributed by atoms with Crippen LogP contribution in [0.15, 0.2) is 47.5 Å². The van der Waals surface area contributed by atoms with Gasteiger partial charge >= 0.3 is 7.12 Å². The van der Waals surface area contributed by atoms with E-state index in [9.17, 15) is 19.7 Å². The average molecular weight is 634 g/mol. The highest BCUT2D eigenvalue weighted by Crippen LogP contribution is 2.65. The van der Waals surface area contributed by atoms with Gasteiger partial charge in [-0.25, -0.2) is 15.1 Å². The number of benzene rings is 2. The van der Waals surface area contributed by atoms with Crippen molar-refractivity contribution >= 4 is 35.5 Å². The summed E-state index contributed by atoms with van der Waals surface area (Å²) in [6.45, 7) is 11.2. The minimum absolute atomic E-state index is 0.00346. The van der Waals surface area contributed by atoms with Crippen molar-refractivity contribution in [1.82, 2.24) is 10.7 Å². The van der Waals surface area contributed by atoms with Crippen LogP contribution in [-0.4, -0.2) is 54.0 Å². The second-order valence-electron chi connectivity index (χ2n) is 14.7. The molecular weight excluding hydrogens is 585 g/mol. The molecule has 0 aromatic heterocycles. The zero-order valence-electron chi connectivity index (χ0n) is 27.7. The number of guanidine groups is 1. The first-order chi connectivity index (χ1) is 21.8. The zero-order valence-corrected chi connectivity index (χ0v) is 27.7. The van der Waals surface area contributed by atoms with Gasteiger partial charge in [0.05, 0.1) is 17.6 Å². The molecule has 0 unspecified atom stereocenters. The van der Waals surface area contributed by atoms with Crippen molar-refractivity contribution in [3.63, 3.8) is 0 Å². The van der Waals surface area contributed by atoms with Gasteiger partial charge in [0.25, 0.3) is 5.96 Å².